The van der Waals surface area contributed by atoms with E-state index in [1.54, 1.807) is 0 Å². The highest BCUT2D eigenvalue weighted by Gasteiger charge is 2.33. The first-order valence-electron chi connectivity index (χ1n) is 8.37. The lowest BCUT2D eigenvalue weighted by Gasteiger charge is -2.41. The van der Waals surface area contributed by atoms with Gasteiger partial charge in [-0.1, -0.05) is 25.3 Å². The third-order valence-electron chi connectivity index (χ3n) is 5.12. The molecule has 4 atom stereocenters. The van der Waals surface area contributed by atoms with E-state index in [-0.39, 0.29) is 0 Å². The van der Waals surface area contributed by atoms with Crippen molar-refractivity contribution in [2.75, 3.05) is 6.54 Å². The van der Waals surface area contributed by atoms with E-state index < -0.39 is 0 Å². The Hall–Kier alpha value is -0.380. The van der Waals surface area contributed by atoms with Gasteiger partial charge in [0.15, 0.2) is 0 Å². The van der Waals surface area contributed by atoms with E-state index in [0.717, 1.165) is 12.0 Å². The maximum atomic E-state index is 3.94. The summed E-state index contributed by atoms with van der Waals surface area (Å²) in [4.78, 5) is 1.48. The average molecular weight is 292 g/mol. The number of piperidine rings is 1. The summed E-state index contributed by atoms with van der Waals surface area (Å²) >= 11 is 1.88. The highest BCUT2D eigenvalue weighted by Crippen LogP contribution is 2.32. The van der Waals surface area contributed by atoms with Crippen LogP contribution in [-0.4, -0.2) is 18.6 Å². The van der Waals surface area contributed by atoms with Gasteiger partial charge in [0.25, 0.3) is 0 Å². The van der Waals surface area contributed by atoms with Crippen LogP contribution in [0.3, 0.4) is 0 Å². The highest BCUT2D eigenvalue weighted by atomic mass is 32.1. The summed E-state index contributed by atoms with van der Waals surface area (Å²) < 4.78 is 0. The van der Waals surface area contributed by atoms with Crippen LogP contribution in [0.4, 0.5) is 0 Å². The fraction of sp³-hybridized carbons (Fsp3) is 0.765. The van der Waals surface area contributed by atoms with Crippen LogP contribution in [0.2, 0.25) is 0 Å². The van der Waals surface area contributed by atoms with Gasteiger partial charge in [0.05, 0.1) is 0 Å². The fourth-order valence-corrected chi connectivity index (χ4v) is 4.78. The lowest BCUT2D eigenvalue weighted by atomic mass is 9.77. The van der Waals surface area contributed by atoms with E-state index in [2.05, 4.69) is 35.1 Å². The molecule has 20 heavy (non-hydrogen) atoms. The van der Waals surface area contributed by atoms with Crippen LogP contribution in [0.5, 0.6) is 0 Å². The minimum absolute atomic E-state index is 0.504. The second-order valence-corrected chi connectivity index (χ2v) is 7.49. The van der Waals surface area contributed by atoms with Crippen molar-refractivity contribution in [2.45, 2.75) is 70.0 Å². The predicted molar refractivity (Wildman–Crippen MR) is 87.3 cm³/mol. The summed E-state index contributed by atoms with van der Waals surface area (Å²) in [6, 6.07) is 6.40. The van der Waals surface area contributed by atoms with Gasteiger partial charge in [0.2, 0.25) is 0 Å². The largest absolute Gasteiger partial charge is 0.314 e. The number of hydrogen-bond acceptors (Lipinski definition) is 3. The number of nitrogens with one attached hydrogen (secondary N) is 2. The lowest BCUT2D eigenvalue weighted by Crippen LogP contribution is -2.50. The van der Waals surface area contributed by atoms with E-state index in [4.69, 9.17) is 0 Å². The quantitative estimate of drug-likeness (QED) is 0.873. The third kappa shape index (κ3) is 3.44. The molecule has 2 heterocycles. The van der Waals surface area contributed by atoms with Gasteiger partial charge in [0, 0.05) is 23.0 Å². The molecule has 0 radical (unpaired) electrons. The van der Waals surface area contributed by atoms with Gasteiger partial charge in [-0.3, -0.25) is 0 Å². The molecule has 2 fully saturated rings. The zero-order valence-corrected chi connectivity index (χ0v) is 13.4. The topological polar surface area (TPSA) is 24.1 Å². The Kier molecular flexibility index (Phi) is 5.14. The van der Waals surface area contributed by atoms with Gasteiger partial charge >= 0.3 is 0 Å². The maximum absolute atomic E-state index is 3.94. The minimum atomic E-state index is 0.504. The molecular weight excluding hydrogens is 264 g/mol. The molecule has 2 nitrogen and oxygen atoms in total. The monoisotopic (exact) mass is 292 g/mol. The van der Waals surface area contributed by atoms with Gasteiger partial charge < -0.3 is 10.6 Å². The standard InChI is InChI=1S/C17H28N2S/c1-13(17-10-6-12-20-17)19-16-9-3-2-7-14(16)15-8-4-5-11-18-15/h6,10,12-16,18-19H,2-5,7-9,11H2,1H3/t13-,14?,15?,16?/m1/s1. The second kappa shape index (κ2) is 7.06. The van der Waals surface area contributed by atoms with E-state index >= 15 is 0 Å². The van der Waals surface area contributed by atoms with Crippen molar-refractivity contribution in [1.82, 2.24) is 10.6 Å². The minimum Gasteiger partial charge on any atom is -0.314 e. The van der Waals surface area contributed by atoms with Crippen LogP contribution in [0.1, 0.15) is 62.8 Å². The van der Waals surface area contributed by atoms with Gasteiger partial charge in [-0.05, 0) is 56.5 Å². The first-order valence-corrected chi connectivity index (χ1v) is 9.25. The SMILES string of the molecule is C[C@@H](NC1CCCCC1C1CCCCN1)c1cccs1. The summed E-state index contributed by atoms with van der Waals surface area (Å²) in [5.41, 5.74) is 0. The smallest absolute Gasteiger partial charge is 0.0388 e. The Morgan fingerprint density at radius 1 is 1.20 bits per heavy atom. The summed E-state index contributed by atoms with van der Waals surface area (Å²) in [6.45, 7) is 3.56. The first-order chi connectivity index (χ1) is 9.84. The Balaban J connectivity index is 1.62. The Morgan fingerprint density at radius 3 is 2.80 bits per heavy atom. The first kappa shape index (κ1) is 14.6. The molecule has 3 rings (SSSR count). The third-order valence-corrected chi connectivity index (χ3v) is 6.17. The Bertz CT molecular complexity index is 384. The lowest BCUT2D eigenvalue weighted by molar-refractivity contribution is 0.174. The molecule has 112 valence electrons. The molecule has 2 aliphatic rings. The van der Waals surface area contributed by atoms with E-state index in [1.165, 1.54) is 56.4 Å². The van der Waals surface area contributed by atoms with Gasteiger partial charge in [-0.2, -0.15) is 0 Å². The Morgan fingerprint density at radius 2 is 2.05 bits per heavy atom. The van der Waals surface area contributed by atoms with Crippen molar-refractivity contribution >= 4 is 11.3 Å². The van der Waals surface area contributed by atoms with E-state index in [1.807, 2.05) is 11.3 Å². The summed E-state index contributed by atoms with van der Waals surface area (Å²) in [5, 5.41) is 9.92. The molecular formula is C17H28N2S. The van der Waals surface area contributed by atoms with Gasteiger partial charge in [-0.15, -0.1) is 11.3 Å². The summed E-state index contributed by atoms with van der Waals surface area (Å²) in [7, 11) is 0. The van der Waals surface area contributed by atoms with Crippen LogP contribution < -0.4 is 10.6 Å². The average Bonchev–Trinajstić information content (AvgIpc) is 3.03. The van der Waals surface area contributed by atoms with Gasteiger partial charge in [-0.25, -0.2) is 0 Å². The van der Waals surface area contributed by atoms with Crippen molar-refractivity contribution in [3.05, 3.63) is 22.4 Å². The summed E-state index contributed by atoms with van der Waals surface area (Å²) in [5.74, 6) is 0.839. The zero-order chi connectivity index (χ0) is 13.8. The van der Waals surface area contributed by atoms with Crippen molar-refractivity contribution in [3.8, 4) is 0 Å². The van der Waals surface area contributed by atoms with E-state index in [9.17, 15) is 0 Å². The molecule has 3 heteroatoms. The molecule has 1 aromatic rings. The van der Waals surface area contributed by atoms with Crippen LogP contribution in [0.25, 0.3) is 0 Å². The molecule has 0 amide bonds. The number of thiophene rings is 1. The molecule has 0 bridgehead atoms. The van der Waals surface area contributed by atoms with Crippen molar-refractivity contribution in [3.63, 3.8) is 0 Å². The molecule has 0 aromatic carbocycles. The van der Waals surface area contributed by atoms with Crippen molar-refractivity contribution in [2.24, 2.45) is 5.92 Å². The molecule has 0 spiro atoms. The second-order valence-electron chi connectivity index (χ2n) is 6.51. The van der Waals surface area contributed by atoms with Crippen molar-refractivity contribution in [1.29, 1.82) is 0 Å². The highest BCUT2D eigenvalue weighted by molar-refractivity contribution is 7.10. The molecule has 1 saturated carbocycles. The van der Waals surface area contributed by atoms with E-state index in [0.29, 0.717) is 12.1 Å². The number of hydrogen-bond donors (Lipinski definition) is 2. The Labute approximate surface area is 127 Å². The van der Waals surface area contributed by atoms with Crippen LogP contribution in [-0.2, 0) is 0 Å². The molecule has 1 aliphatic heterocycles. The normalized spacial score (nSPS) is 33.0. The summed E-state index contributed by atoms with van der Waals surface area (Å²) in [6.07, 6.45) is 9.77. The molecule has 3 unspecified atom stereocenters. The number of rotatable bonds is 4. The fourth-order valence-electron chi connectivity index (χ4n) is 4.03. The van der Waals surface area contributed by atoms with Crippen molar-refractivity contribution < 1.29 is 0 Å². The van der Waals surface area contributed by atoms with Crippen LogP contribution in [0, 0.1) is 5.92 Å². The molecule has 1 saturated heterocycles. The molecule has 2 N–H and O–H groups in total. The predicted octanol–water partition coefficient (Wildman–Crippen LogP) is 4.10. The van der Waals surface area contributed by atoms with Crippen LogP contribution >= 0.6 is 11.3 Å². The molecule has 1 aliphatic carbocycles. The molecule has 1 aromatic heterocycles. The maximum Gasteiger partial charge on any atom is 0.0388 e. The van der Waals surface area contributed by atoms with Crippen LogP contribution in [0.15, 0.2) is 17.5 Å². The van der Waals surface area contributed by atoms with Gasteiger partial charge in [0.1, 0.15) is 0 Å². The zero-order valence-electron chi connectivity index (χ0n) is 12.6.